The van der Waals surface area contributed by atoms with Crippen molar-refractivity contribution in [1.29, 1.82) is 0 Å². The molecule has 42 heavy (non-hydrogen) atoms. The molecule has 4 atom stereocenters. The number of hydrogen-bond donors (Lipinski definition) is 1. The van der Waals surface area contributed by atoms with E-state index in [2.05, 4.69) is 54.4 Å². The lowest BCUT2D eigenvalue weighted by Crippen LogP contribution is -2.41. The molecule has 1 N–H and O–H groups in total. The van der Waals surface area contributed by atoms with Crippen molar-refractivity contribution < 1.29 is 14.3 Å². The third kappa shape index (κ3) is 6.15. The van der Waals surface area contributed by atoms with Gasteiger partial charge in [0, 0.05) is 18.5 Å². The van der Waals surface area contributed by atoms with Crippen LogP contribution in [0.15, 0.2) is 54.6 Å². The van der Waals surface area contributed by atoms with Gasteiger partial charge in [0.25, 0.3) is 0 Å². The van der Waals surface area contributed by atoms with E-state index in [0.717, 1.165) is 43.7 Å². The smallest absolute Gasteiger partial charge is 0.227 e. The van der Waals surface area contributed by atoms with Crippen LogP contribution in [0, 0.1) is 38.5 Å². The minimum Gasteiger partial charge on any atom is -0.490 e. The predicted octanol–water partition coefficient (Wildman–Crippen LogP) is 7.51. The Kier molecular flexibility index (Phi) is 8.72. The first-order valence-electron chi connectivity index (χ1n) is 15.2. The minimum absolute atomic E-state index is 0.000102. The molecule has 3 aliphatic rings. The van der Waals surface area contributed by atoms with Gasteiger partial charge in [-0.25, -0.2) is 0 Å². The molecule has 1 amide bonds. The molecule has 0 unspecified atom stereocenters. The van der Waals surface area contributed by atoms with Gasteiger partial charge in [-0.3, -0.25) is 4.79 Å². The summed E-state index contributed by atoms with van der Waals surface area (Å²) in [6.45, 7) is 9.61. The number of carbonyl (C=O) groups excluding carboxylic acids is 1. The number of ether oxygens (including phenoxy) is 2. The lowest BCUT2D eigenvalue weighted by atomic mass is 9.83. The molecule has 3 fully saturated rings. The average Bonchev–Trinajstić information content (AvgIpc) is 3.59. The van der Waals surface area contributed by atoms with Gasteiger partial charge in [-0.05, 0) is 123 Å². The highest BCUT2D eigenvalue weighted by Crippen LogP contribution is 2.50. The summed E-state index contributed by atoms with van der Waals surface area (Å²) >= 11 is 12.6. The number of nitrogens with zero attached hydrogens (tertiary/aromatic N) is 1. The summed E-state index contributed by atoms with van der Waals surface area (Å²) in [6.07, 6.45) is 3.26. The van der Waals surface area contributed by atoms with Crippen molar-refractivity contribution in [3.8, 4) is 11.5 Å². The van der Waals surface area contributed by atoms with Gasteiger partial charge in [0.05, 0.1) is 10.0 Å². The van der Waals surface area contributed by atoms with Gasteiger partial charge < -0.3 is 19.7 Å². The largest absolute Gasteiger partial charge is 0.490 e. The van der Waals surface area contributed by atoms with Crippen molar-refractivity contribution in [2.24, 2.45) is 17.8 Å². The number of nitrogens with one attached hydrogen (secondary N) is 1. The molecular formula is C35H40Cl2N2O3. The molecule has 3 aromatic carbocycles. The van der Waals surface area contributed by atoms with Crippen molar-refractivity contribution in [3.63, 3.8) is 0 Å². The highest BCUT2D eigenvalue weighted by Gasteiger charge is 2.51. The molecule has 3 aromatic rings. The number of benzene rings is 3. The van der Waals surface area contributed by atoms with Gasteiger partial charge in [-0.2, -0.15) is 0 Å². The van der Waals surface area contributed by atoms with Gasteiger partial charge in [0.1, 0.15) is 19.0 Å². The van der Waals surface area contributed by atoms with Crippen molar-refractivity contribution >= 4 is 29.1 Å². The molecule has 1 saturated heterocycles. The number of hydrogen-bond acceptors (Lipinski definition) is 4. The van der Waals surface area contributed by atoms with Crippen LogP contribution in [0.5, 0.6) is 11.5 Å². The lowest BCUT2D eigenvalue weighted by Gasteiger charge is -2.32. The fourth-order valence-corrected chi connectivity index (χ4v) is 7.68. The van der Waals surface area contributed by atoms with Crippen LogP contribution >= 0.6 is 23.2 Å². The van der Waals surface area contributed by atoms with E-state index < -0.39 is 0 Å². The molecule has 0 spiro atoms. The maximum Gasteiger partial charge on any atom is 0.227 e. The van der Waals surface area contributed by atoms with Crippen LogP contribution in [0.4, 0.5) is 0 Å². The van der Waals surface area contributed by atoms with Crippen LogP contribution < -0.4 is 14.8 Å². The zero-order chi connectivity index (χ0) is 29.4. The zero-order valence-corrected chi connectivity index (χ0v) is 26.2. The Bertz CT molecular complexity index is 1420. The first-order valence-corrected chi connectivity index (χ1v) is 15.9. The van der Waals surface area contributed by atoms with Crippen molar-refractivity contribution in [2.45, 2.75) is 58.5 Å². The van der Waals surface area contributed by atoms with Gasteiger partial charge in [-0.15, -0.1) is 0 Å². The van der Waals surface area contributed by atoms with Crippen molar-refractivity contribution in [2.75, 3.05) is 26.3 Å². The third-order valence-corrected chi connectivity index (χ3v) is 10.1. The standard InChI is InChI=1S/C35H40Cl2N2O3/c1-21-15-31(36)34(32(37)16-21)42-14-13-41-28-11-7-24(8-12-28)29-17-26-18-38-19-30(26)33(29)35(40)39(27-9-10-27)20-25-6-4-5-22(2)23(25)3/h4-8,11-12,15-16,26-27,29-30,33,38H,9-10,13-14,17-20H2,1-3H3/t26-,29-,30+,33+/m1/s1. The Morgan fingerprint density at radius 3 is 2.38 bits per heavy atom. The molecule has 6 rings (SSSR count). The zero-order valence-electron chi connectivity index (χ0n) is 24.7. The van der Waals surface area contributed by atoms with Crippen LogP contribution in [0.2, 0.25) is 10.0 Å². The molecular weight excluding hydrogens is 567 g/mol. The quantitative estimate of drug-likeness (QED) is 0.243. The summed E-state index contributed by atoms with van der Waals surface area (Å²) in [5.74, 6) is 2.75. The SMILES string of the molecule is Cc1cc(Cl)c(OCCOc2ccc([C@H]3C[C@@H]4CNC[C@@H]4[C@H]3C(=O)N(Cc3cccc(C)c3C)C3CC3)cc2)c(Cl)c1. The molecule has 0 bridgehead atoms. The first kappa shape index (κ1) is 29.3. The van der Waals surface area contributed by atoms with Crippen LogP contribution in [0.25, 0.3) is 0 Å². The highest BCUT2D eigenvalue weighted by atomic mass is 35.5. The van der Waals surface area contributed by atoms with Crippen molar-refractivity contribution in [3.05, 3.63) is 92.5 Å². The van der Waals surface area contributed by atoms with Crippen LogP contribution in [-0.4, -0.2) is 43.2 Å². The van der Waals surface area contributed by atoms with Crippen molar-refractivity contribution in [1.82, 2.24) is 10.2 Å². The Labute approximate surface area is 259 Å². The maximum absolute atomic E-state index is 14.4. The number of halogens is 2. The van der Waals surface area contributed by atoms with E-state index in [1.807, 2.05) is 31.2 Å². The Hall–Kier alpha value is -2.73. The van der Waals surface area contributed by atoms with Gasteiger partial charge >= 0.3 is 0 Å². The number of aryl methyl sites for hydroxylation is 2. The van der Waals surface area contributed by atoms with E-state index in [1.165, 1.54) is 22.3 Å². The number of carbonyl (C=O) groups is 1. The van der Waals surface area contributed by atoms with E-state index >= 15 is 0 Å². The molecule has 2 aliphatic carbocycles. The Morgan fingerprint density at radius 2 is 1.67 bits per heavy atom. The maximum atomic E-state index is 14.4. The normalized spacial score (nSPS) is 23.1. The molecule has 222 valence electrons. The molecule has 0 aromatic heterocycles. The summed E-state index contributed by atoms with van der Waals surface area (Å²) < 4.78 is 11.8. The summed E-state index contributed by atoms with van der Waals surface area (Å²) in [6, 6.07) is 18.8. The molecule has 5 nitrogen and oxygen atoms in total. The monoisotopic (exact) mass is 606 g/mol. The fraction of sp³-hybridized carbons (Fsp3) is 0.457. The van der Waals surface area contributed by atoms with E-state index in [-0.39, 0.29) is 11.8 Å². The highest BCUT2D eigenvalue weighted by molar-refractivity contribution is 6.37. The summed E-state index contributed by atoms with van der Waals surface area (Å²) in [5, 5.41) is 4.57. The predicted molar refractivity (Wildman–Crippen MR) is 169 cm³/mol. The van der Waals surface area contributed by atoms with Gasteiger partial charge in [0.15, 0.2) is 5.75 Å². The lowest BCUT2D eigenvalue weighted by molar-refractivity contribution is -0.138. The molecule has 2 saturated carbocycles. The number of rotatable bonds is 10. The second-order valence-corrected chi connectivity index (χ2v) is 13.1. The van der Waals surface area contributed by atoms with E-state index in [4.69, 9.17) is 32.7 Å². The van der Waals surface area contributed by atoms with Crippen LogP contribution in [-0.2, 0) is 11.3 Å². The van der Waals surface area contributed by atoms with Crippen LogP contribution in [0.3, 0.4) is 0 Å². The van der Waals surface area contributed by atoms with E-state index in [9.17, 15) is 4.79 Å². The second-order valence-electron chi connectivity index (χ2n) is 12.3. The Balaban J connectivity index is 1.13. The summed E-state index contributed by atoms with van der Waals surface area (Å²) in [7, 11) is 0. The topological polar surface area (TPSA) is 50.8 Å². The molecule has 1 aliphatic heterocycles. The molecule has 7 heteroatoms. The molecule has 0 radical (unpaired) electrons. The summed E-state index contributed by atoms with van der Waals surface area (Å²) in [4.78, 5) is 16.6. The number of fused-ring (bicyclic) bond motifs is 1. The van der Waals surface area contributed by atoms with E-state index in [0.29, 0.717) is 59.3 Å². The van der Waals surface area contributed by atoms with Gasteiger partial charge in [-0.1, -0.05) is 53.5 Å². The third-order valence-electron chi connectivity index (χ3n) is 9.51. The van der Waals surface area contributed by atoms with E-state index in [1.54, 1.807) is 0 Å². The molecule has 1 heterocycles. The average molecular weight is 608 g/mol. The Morgan fingerprint density at radius 1 is 0.952 bits per heavy atom. The summed E-state index contributed by atoms with van der Waals surface area (Å²) in [5.41, 5.74) is 6.06. The fourth-order valence-electron chi connectivity index (χ4n) is 6.97. The first-order chi connectivity index (χ1) is 20.3. The van der Waals surface area contributed by atoms with Gasteiger partial charge in [0.2, 0.25) is 5.91 Å². The second kappa shape index (κ2) is 12.5. The van der Waals surface area contributed by atoms with Crippen LogP contribution in [0.1, 0.15) is 53.0 Å². The number of amides is 1. The minimum atomic E-state index is -0.000102.